The summed E-state index contributed by atoms with van der Waals surface area (Å²) >= 11 is 0. The Kier molecular flexibility index (Phi) is 3.64. The van der Waals surface area contributed by atoms with Gasteiger partial charge in [-0.25, -0.2) is 4.39 Å². The third-order valence-electron chi connectivity index (χ3n) is 3.29. The lowest BCUT2D eigenvalue weighted by atomic mass is 10.1. The van der Waals surface area contributed by atoms with Crippen LogP contribution in [0.2, 0.25) is 0 Å². The van der Waals surface area contributed by atoms with Gasteiger partial charge in [-0.05, 0) is 35.4 Å². The molecular formula is C16H14FN3O. The highest BCUT2D eigenvalue weighted by atomic mass is 19.1. The fourth-order valence-electron chi connectivity index (χ4n) is 2.24. The molecule has 5 heteroatoms. The normalized spacial score (nSPS) is 10.7. The molecule has 3 aromatic rings. The van der Waals surface area contributed by atoms with Gasteiger partial charge in [-0.15, -0.1) is 0 Å². The van der Waals surface area contributed by atoms with E-state index in [-0.39, 0.29) is 18.1 Å². The van der Waals surface area contributed by atoms with E-state index in [4.69, 9.17) is 0 Å². The predicted octanol–water partition coefficient (Wildman–Crippen LogP) is 2.56. The summed E-state index contributed by atoms with van der Waals surface area (Å²) in [5, 5.41) is 3.71. The van der Waals surface area contributed by atoms with E-state index in [1.165, 1.54) is 12.1 Å². The number of fused-ring (bicyclic) bond motifs is 1. The van der Waals surface area contributed by atoms with Crippen LogP contribution in [0.4, 0.5) is 4.39 Å². The Hall–Kier alpha value is -2.69. The Morgan fingerprint density at radius 1 is 1.33 bits per heavy atom. The van der Waals surface area contributed by atoms with Crippen molar-refractivity contribution in [2.24, 2.45) is 0 Å². The highest BCUT2D eigenvalue weighted by Gasteiger charge is 2.09. The number of benzene rings is 1. The van der Waals surface area contributed by atoms with Crippen LogP contribution in [0.5, 0.6) is 0 Å². The molecule has 0 aliphatic rings. The number of carbonyl (C=O) groups excluding carboxylic acids is 1. The maximum Gasteiger partial charge on any atom is 0.224 e. The smallest absolute Gasteiger partial charge is 0.224 e. The lowest BCUT2D eigenvalue weighted by Gasteiger charge is -2.04. The van der Waals surface area contributed by atoms with Gasteiger partial charge >= 0.3 is 0 Å². The molecule has 0 spiro atoms. The molecule has 0 radical (unpaired) electrons. The fourth-order valence-corrected chi connectivity index (χ4v) is 2.24. The van der Waals surface area contributed by atoms with Gasteiger partial charge in [0.25, 0.3) is 0 Å². The van der Waals surface area contributed by atoms with Crippen LogP contribution >= 0.6 is 0 Å². The summed E-state index contributed by atoms with van der Waals surface area (Å²) in [6.45, 7) is 0.448. The molecule has 2 heterocycles. The third-order valence-corrected chi connectivity index (χ3v) is 3.29. The third kappa shape index (κ3) is 3.08. The molecule has 3 rings (SSSR count). The molecule has 0 saturated heterocycles. The number of rotatable bonds is 4. The van der Waals surface area contributed by atoms with Crippen LogP contribution in [-0.4, -0.2) is 15.9 Å². The lowest BCUT2D eigenvalue weighted by Crippen LogP contribution is -2.24. The molecule has 0 aliphatic carbocycles. The number of H-pyrrole nitrogens is 1. The maximum absolute atomic E-state index is 13.1. The second-order valence-corrected chi connectivity index (χ2v) is 4.82. The van der Waals surface area contributed by atoms with Gasteiger partial charge in [0, 0.05) is 36.0 Å². The summed E-state index contributed by atoms with van der Waals surface area (Å²) in [5.41, 5.74) is 2.51. The molecule has 21 heavy (non-hydrogen) atoms. The summed E-state index contributed by atoms with van der Waals surface area (Å²) in [4.78, 5) is 18.9. The number of halogens is 1. The van der Waals surface area contributed by atoms with Crippen molar-refractivity contribution in [2.75, 3.05) is 0 Å². The monoisotopic (exact) mass is 283 g/mol. The molecule has 0 unspecified atom stereocenters. The van der Waals surface area contributed by atoms with Gasteiger partial charge in [0.05, 0.1) is 6.42 Å². The van der Waals surface area contributed by atoms with Crippen LogP contribution in [0.25, 0.3) is 10.9 Å². The van der Waals surface area contributed by atoms with E-state index in [1.54, 1.807) is 24.7 Å². The minimum Gasteiger partial charge on any atom is -0.361 e. The minimum atomic E-state index is -0.295. The van der Waals surface area contributed by atoms with Gasteiger partial charge in [-0.2, -0.15) is 0 Å². The number of amides is 1. The molecule has 0 aliphatic heterocycles. The van der Waals surface area contributed by atoms with Gasteiger partial charge in [0.1, 0.15) is 5.82 Å². The largest absolute Gasteiger partial charge is 0.361 e. The summed E-state index contributed by atoms with van der Waals surface area (Å²) in [5.74, 6) is -0.374. The standard InChI is InChI=1S/C16H14FN3O/c17-13-3-4-14-12(10-19-15(14)7-13)6-16(21)20-9-11-2-1-5-18-8-11/h1-5,7-8,10,19H,6,9H2,(H,20,21). The van der Waals surface area contributed by atoms with Crippen molar-refractivity contribution in [1.82, 2.24) is 15.3 Å². The summed E-state index contributed by atoms with van der Waals surface area (Å²) in [6.07, 6.45) is 5.41. The maximum atomic E-state index is 13.1. The first-order valence-electron chi connectivity index (χ1n) is 6.63. The van der Waals surface area contributed by atoms with Crippen LogP contribution in [0.3, 0.4) is 0 Å². The van der Waals surface area contributed by atoms with Crippen molar-refractivity contribution in [3.05, 3.63) is 65.9 Å². The molecular weight excluding hydrogens is 269 g/mol. The molecule has 0 bridgehead atoms. The van der Waals surface area contributed by atoms with Crippen LogP contribution in [0.1, 0.15) is 11.1 Å². The number of pyridine rings is 1. The summed E-state index contributed by atoms with van der Waals surface area (Å²) < 4.78 is 13.1. The number of aromatic amines is 1. The minimum absolute atomic E-state index is 0.0796. The molecule has 4 nitrogen and oxygen atoms in total. The highest BCUT2D eigenvalue weighted by molar-refractivity contribution is 5.88. The molecule has 2 aromatic heterocycles. The topological polar surface area (TPSA) is 57.8 Å². The van der Waals surface area contributed by atoms with Crippen molar-refractivity contribution in [1.29, 1.82) is 0 Å². The Morgan fingerprint density at radius 2 is 2.24 bits per heavy atom. The molecule has 106 valence electrons. The molecule has 1 aromatic carbocycles. The molecule has 2 N–H and O–H groups in total. The van der Waals surface area contributed by atoms with E-state index < -0.39 is 0 Å². The quantitative estimate of drug-likeness (QED) is 0.773. The fraction of sp³-hybridized carbons (Fsp3) is 0.125. The average molecular weight is 283 g/mol. The van der Waals surface area contributed by atoms with Gasteiger partial charge in [0.15, 0.2) is 0 Å². The van der Waals surface area contributed by atoms with Crippen molar-refractivity contribution >= 4 is 16.8 Å². The van der Waals surface area contributed by atoms with E-state index in [0.29, 0.717) is 12.1 Å². The van der Waals surface area contributed by atoms with E-state index in [0.717, 1.165) is 16.5 Å². The van der Waals surface area contributed by atoms with Crippen LogP contribution < -0.4 is 5.32 Å². The van der Waals surface area contributed by atoms with E-state index in [2.05, 4.69) is 15.3 Å². The van der Waals surface area contributed by atoms with Crippen molar-refractivity contribution < 1.29 is 9.18 Å². The zero-order valence-corrected chi connectivity index (χ0v) is 11.3. The summed E-state index contributed by atoms with van der Waals surface area (Å²) in [6, 6.07) is 8.24. The number of aromatic nitrogens is 2. The van der Waals surface area contributed by atoms with Gasteiger partial charge in [0.2, 0.25) is 5.91 Å². The average Bonchev–Trinajstić information content (AvgIpc) is 2.88. The number of hydrogen-bond acceptors (Lipinski definition) is 2. The number of carbonyl (C=O) groups is 1. The molecule has 0 atom stereocenters. The van der Waals surface area contributed by atoms with E-state index >= 15 is 0 Å². The van der Waals surface area contributed by atoms with Crippen LogP contribution in [0, 0.1) is 5.82 Å². The molecule has 1 amide bonds. The second kappa shape index (κ2) is 5.75. The number of nitrogens with zero attached hydrogens (tertiary/aromatic N) is 1. The summed E-state index contributed by atoms with van der Waals surface area (Å²) in [7, 11) is 0. The Labute approximate surface area is 121 Å². The Morgan fingerprint density at radius 3 is 3.05 bits per heavy atom. The Balaban J connectivity index is 1.66. The second-order valence-electron chi connectivity index (χ2n) is 4.82. The number of nitrogens with one attached hydrogen (secondary N) is 2. The van der Waals surface area contributed by atoms with Crippen molar-refractivity contribution in [3.63, 3.8) is 0 Å². The van der Waals surface area contributed by atoms with Crippen molar-refractivity contribution in [2.45, 2.75) is 13.0 Å². The van der Waals surface area contributed by atoms with Gasteiger partial charge in [-0.1, -0.05) is 6.07 Å². The van der Waals surface area contributed by atoms with Crippen LogP contribution in [-0.2, 0) is 17.8 Å². The lowest BCUT2D eigenvalue weighted by molar-refractivity contribution is -0.120. The predicted molar refractivity (Wildman–Crippen MR) is 78.0 cm³/mol. The van der Waals surface area contributed by atoms with Gasteiger partial charge in [-0.3, -0.25) is 9.78 Å². The highest BCUT2D eigenvalue weighted by Crippen LogP contribution is 2.19. The van der Waals surface area contributed by atoms with E-state index in [9.17, 15) is 9.18 Å². The first-order valence-corrected chi connectivity index (χ1v) is 6.63. The zero-order valence-electron chi connectivity index (χ0n) is 11.3. The Bertz CT molecular complexity index is 768. The first kappa shape index (κ1) is 13.3. The van der Waals surface area contributed by atoms with E-state index in [1.807, 2.05) is 12.1 Å². The molecule has 0 saturated carbocycles. The SMILES string of the molecule is O=C(Cc1c[nH]c2cc(F)ccc12)NCc1cccnc1. The molecule has 0 fully saturated rings. The first-order chi connectivity index (χ1) is 10.2. The number of hydrogen-bond donors (Lipinski definition) is 2. The zero-order chi connectivity index (χ0) is 14.7. The van der Waals surface area contributed by atoms with Crippen molar-refractivity contribution in [3.8, 4) is 0 Å². The van der Waals surface area contributed by atoms with Gasteiger partial charge < -0.3 is 10.3 Å². The van der Waals surface area contributed by atoms with Crippen LogP contribution in [0.15, 0.2) is 48.9 Å².